The number of nitrogens with one attached hydrogen (secondary N) is 4. The second-order valence-electron chi connectivity index (χ2n) is 14.2. The van der Waals surface area contributed by atoms with Gasteiger partial charge in [-0.25, -0.2) is 9.80 Å². The molecule has 260 valence electrons. The van der Waals surface area contributed by atoms with E-state index in [1.807, 2.05) is 114 Å². The Morgan fingerprint density at radius 2 is 1.44 bits per heavy atom. The second kappa shape index (κ2) is 17.2. The maximum Gasteiger partial charge on any atom is 0.407 e. The molecule has 3 unspecified atom stereocenters. The summed E-state index contributed by atoms with van der Waals surface area (Å²) < 4.78 is 4.78. The van der Waals surface area contributed by atoms with Gasteiger partial charge in [0.25, 0.3) is 5.91 Å². The highest BCUT2D eigenvalue weighted by Gasteiger charge is 2.36. The van der Waals surface area contributed by atoms with Gasteiger partial charge in [-0.15, -0.1) is 0 Å². The number of alkyl carbamates (subject to hydrolysis) is 1. The van der Waals surface area contributed by atoms with Gasteiger partial charge in [-0.2, -0.15) is 0 Å². The minimum Gasteiger partial charge on any atom is -0.453 e. The van der Waals surface area contributed by atoms with Crippen LogP contribution in [0.2, 0.25) is 0 Å². The van der Waals surface area contributed by atoms with Crippen LogP contribution in [0.4, 0.5) is 4.79 Å². The molecule has 11 heteroatoms. The third-order valence-corrected chi connectivity index (χ3v) is 8.05. The van der Waals surface area contributed by atoms with E-state index in [4.69, 9.17) is 4.74 Å². The molecule has 4 atom stereocenters. The zero-order valence-electron chi connectivity index (χ0n) is 29.4. The monoisotopic (exact) mass is 660 g/mol. The lowest BCUT2D eigenvalue weighted by molar-refractivity contribution is -0.132. The summed E-state index contributed by atoms with van der Waals surface area (Å²) in [6, 6.07) is 21.0. The number of hydrogen-bond acceptors (Lipinski definition) is 8. The number of hydrogen-bond donors (Lipinski definition) is 5. The normalized spacial score (nSPS) is 14.4. The third kappa shape index (κ3) is 11.4. The summed E-state index contributed by atoms with van der Waals surface area (Å²) in [5.74, 6) is -0.711. The summed E-state index contributed by atoms with van der Waals surface area (Å²) in [5, 5.41) is 22.2. The zero-order chi connectivity index (χ0) is 35.5. The Balaban J connectivity index is 1.93. The highest BCUT2D eigenvalue weighted by atomic mass is 16.5. The van der Waals surface area contributed by atoms with Crippen molar-refractivity contribution in [2.75, 3.05) is 20.7 Å². The lowest BCUT2D eigenvalue weighted by Gasteiger charge is -2.35. The largest absolute Gasteiger partial charge is 0.453 e. The van der Waals surface area contributed by atoms with Gasteiger partial charge in [0.05, 0.1) is 31.0 Å². The Morgan fingerprint density at radius 1 is 0.812 bits per heavy atom. The number of amides is 3. The number of methoxy groups -OCH3 is 1. The fourth-order valence-electron chi connectivity index (χ4n) is 5.48. The minimum atomic E-state index is -1.10. The molecule has 0 spiro atoms. The summed E-state index contributed by atoms with van der Waals surface area (Å²) in [4.78, 5) is 43.9. The molecule has 0 fully saturated rings. The first kappa shape index (κ1) is 38.1. The van der Waals surface area contributed by atoms with Gasteiger partial charge in [-0.05, 0) is 47.6 Å². The van der Waals surface area contributed by atoms with Crippen molar-refractivity contribution in [1.82, 2.24) is 31.4 Å². The first-order valence-electron chi connectivity index (χ1n) is 16.2. The number of carbonyl (C=O) groups is 3. The van der Waals surface area contributed by atoms with Crippen molar-refractivity contribution in [3.8, 4) is 11.3 Å². The number of ether oxygens (including phenoxy) is 1. The van der Waals surface area contributed by atoms with E-state index in [1.54, 1.807) is 18.3 Å². The topological polar surface area (TPSA) is 145 Å². The molecule has 1 aromatic heterocycles. The average Bonchev–Trinajstić information content (AvgIpc) is 3.03. The van der Waals surface area contributed by atoms with Gasteiger partial charge in [0.2, 0.25) is 5.91 Å². The lowest BCUT2D eigenvalue weighted by atomic mass is 9.86. The Labute approximate surface area is 284 Å². The molecule has 0 radical (unpaired) electrons. The fraction of sp³-hybridized carbons (Fsp3) is 0.459. The standard InChI is InChI=1S/C37H52N6O5/c1-36(2,3)31(38-7)33(45)40-29(22-25-14-10-9-11-15-25)30(44)24-43(42-34(46)32(37(4,5)6)41-35(47)48-8)23-26-17-19-27(20-18-26)28-16-12-13-21-39-28/h9-21,29-32,38,44H,22-24H2,1-8H3,(H,40,45)(H,41,47)(H,42,46)/t29?,30-,31?,32?/m0/s1. The Bertz CT molecular complexity index is 1460. The van der Waals surface area contributed by atoms with Crippen LogP contribution in [0.3, 0.4) is 0 Å². The zero-order valence-corrected chi connectivity index (χ0v) is 29.4. The molecule has 0 saturated heterocycles. The maximum absolute atomic E-state index is 13.7. The van der Waals surface area contributed by atoms with Crippen LogP contribution in [0.5, 0.6) is 0 Å². The number of aliphatic hydroxyl groups is 1. The lowest BCUT2D eigenvalue weighted by Crippen LogP contribution is -2.60. The summed E-state index contributed by atoms with van der Waals surface area (Å²) >= 11 is 0. The number of aliphatic hydroxyl groups excluding tert-OH is 1. The number of aromatic nitrogens is 1. The van der Waals surface area contributed by atoms with E-state index in [9.17, 15) is 19.5 Å². The summed E-state index contributed by atoms with van der Waals surface area (Å²) in [6.07, 6.45) is 0.274. The molecule has 3 aromatic rings. The number of benzene rings is 2. The molecule has 0 aliphatic heterocycles. The number of hydrazine groups is 1. The highest BCUT2D eigenvalue weighted by molar-refractivity contribution is 5.86. The Hall–Kier alpha value is -4.32. The van der Waals surface area contributed by atoms with Crippen LogP contribution in [0.25, 0.3) is 11.3 Å². The average molecular weight is 661 g/mol. The molecule has 3 rings (SSSR count). The molecule has 2 aromatic carbocycles. The van der Waals surface area contributed by atoms with Crippen molar-refractivity contribution >= 4 is 17.9 Å². The summed E-state index contributed by atoms with van der Waals surface area (Å²) in [6.45, 7) is 11.6. The first-order chi connectivity index (χ1) is 22.6. The molecular formula is C37H52N6O5. The van der Waals surface area contributed by atoms with E-state index >= 15 is 0 Å². The number of carbonyl (C=O) groups excluding carboxylic acids is 3. The van der Waals surface area contributed by atoms with Crippen molar-refractivity contribution in [1.29, 1.82) is 0 Å². The molecule has 0 aliphatic carbocycles. The predicted molar refractivity (Wildman–Crippen MR) is 187 cm³/mol. The number of likely N-dealkylation sites (N-methyl/N-ethyl adjacent to an activating group) is 1. The molecule has 11 nitrogen and oxygen atoms in total. The first-order valence-corrected chi connectivity index (χ1v) is 16.2. The summed E-state index contributed by atoms with van der Waals surface area (Å²) in [5.41, 5.74) is 5.47. The number of pyridine rings is 1. The maximum atomic E-state index is 13.7. The van der Waals surface area contributed by atoms with Crippen LogP contribution >= 0.6 is 0 Å². The van der Waals surface area contributed by atoms with E-state index in [0.29, 0.717) is 6.42 Å². The van der Waals surface area contributed by atoms with Crippen LogP contribution in [0.15, 0.2) is 79.0 Å². The van der Waals surface area contributed by atoms with Crippen LogP contribution in [0, 0.1) is 10.8 Å². The predicted octanol–water partition coefficient (Wildman–Crippen LogP) is 4.08. The van der Waals surface area contributed by atoms with Crippen LogP contribution < -0.4 is 21.4 Å². The molecule has 3 amide bonds. The van der Waals surface area contributed by atoms with Gasteiger partial charge in [-0.1, -0.05) is 102 Å². The molecular weight excluding hydrogens is 608 g/mol. The van der Waals surface area contributed by atoms with Crippen LogP contribution in [-0.2, 0) is 27.3 Å². The van der Waals surface area contributed by atoms with E-state index in [1.165, 1.54) is 7.11 Å². The van der Waals surface area contributed by atoms with Gasteiger partial charge < -0.3 is 25.8 Å². The van der Waals surface area contributed by atoms with E-state index < -0.39 is 41.6 Å². The van der Waals surface area contributed by atoms with Crippen molar-refractivity contribution in [3.05, 3.63) is 90.1 Å². The van der Waals surface area contributed by atoms with Gasteiger partial charge >= 0.3 is 6.09 Å². The molecule has 0 saturated carbocycles. The number of nitrogens with zero attached hydrogens (tertiary/aromatic N) is 2. The fourth-order valence-corrected chi connectivity index (χ4v) is 5.48. The van der Waals surface area contributed by atoms with Gasteiger partial charge in [0.1, 0.15) is 6.04 Å². The minimum absolute atomic E-state index is 0.0274. The van der Waals surface area contributed by atoms with Gasteiger partial charge in [-0.3, -0.25) is 20.0 Å². The van der Waals surface area contributed by atoms with Gasteiger partial charge in [0.15, 0.2) is 0 Å². The molecule has 0 aliphatic rings. The smallest absolute Gasteiger partial charge is 0.407 e. The highest BCUT2D eigenvalue weighted by Crippen LogP contribution is 2.22. The molecule has 0 bridgehead atoms. The summed E-state index contributed by atoms with van der Waals surface area (Å²) in [7, 11) is 2.98. The molecule has 5 N–H and O–H groups in total. The van der Waals surface area contributed by atoms with E-state index in [0.717, 1.165) is 22.4 Å². The number of rotatable bonds is 14. The van der Waals surface area contributed by atoms with Crippen molar-refractivity contribution in [2.45, 2.75) is 78.7 Å². The SMILES string of the molecule is CNC(C(=O)NC(Cc1ccccc1)[C@@H](O)CN(Cc1ccc(-c2ccccn2)cc1)NC(=O)C(NC(=O)OC)C(C)(C)C)C(C)(C)C. The molecule has 48 heavy (non-hydrogen) atoms. The van der Waals surface area contributed by atoms with E-state index in [-0.39, 0.29) is 24.4 Å². The van der Waals surface area contributed by atoms with Crippen molar-refractivity contribution < 1.29 is 24.2 Å². The Morgan fingerprint density at radius 3 is 1.98 bits per heavy atom. The Kier molecular flexibility index (Phi) is 13.7. The molecule has 1 heterocycles. The van der Waals surface area contributed by atoms with Crippen molar-refractivity contribution in [2.24, 2.45) is 10.8 Å². The van der Waals surface area contributed by atoms with Crippen LogP contribution in [-0.4, -0.2) is 77.9 Å². The second-order valence-corrected chi connectivity index (χ2v) is 14.2. The third-order valence-electron chi connectivity index (χ3n) is 8.05. The van der Waals surface area contributed by atoms with Crippen LogP contribution in [0.1, 0.15) is 52.7 Å². The van der Waals surface area contributed by atoms with Crippen molar-refractivity contribution in [3.63, 3.8) is 0 Å². The van der Waals surface area contributed by atoms with E-state index in [2.05, 4.69) is 26.4 Å². The quantitative estimate of drug-likeness (QED) is 0.163. The van der Waals surface area contributed by atoms with Gasteiger partial charge in [0, 0.05) is 24.8 Å².